The monoisotopic (exact) mass is 345 g/mol. The maximum Gasteiger partial charge on any atom is 0.318 e. The van der Waals surface area contributed by atoms with Crippen LogP contribution in [0.25, 0.3) is 0 Å². The summed E-state index contributed by atoms with van der Waals surface area (Å²) < 4.78 is 16.7. The molecule has 1 aliphatic heterocycles. The molecule has 0 spiro atoms. The first-order valence-electron chi connectivity index (χ1n) is 8.44. The number of pyridine rings is 1. The van der Waals surface area contributed by atoms with Crippen molar-refractivity contribution in [2.24, 2.45) is 0 Å². The van der Waals surface area contributed by atoms with Crippen molar-refractivity contribution in [3.05, 3.63) is 47.5 Å². The standard InChI is InChI=1S/C18H23N3O4/c1-3-24-17-14(5-4-8-19-17)11-20-18(22)21-9-10-23-12-15(21)16-7-6-13(2)25-16/h4-8,15H,3,9-12H2,1-2H3,(H,20,22). The first kappa shape index (κ1) is 17.3. The number of morpholine rings is 1. The van der Waals surface area contributed by atoms with Gasteiger partial charge in [-0.05, 0) is 32.0 Å². The number of amides is 2. The minimum Gasteiger partial charge on any atom is -0.478 e. The van der Waals surface area contributed by atoms with Crippen molar-refractivity contribution < 1.29 is 18.7 Å². The molecule has 1 atom stereocenters. The minimum absolute atomic E-state index is 0.159. The summed E-state index contributed by atoms with van der Waals surface area (Å²) in [5, 5.41) is 2.94. The number of furan rings is 1. The van der Waals surface area contributed by atoms with Crippen LogP contribution in [0.4, 0.5) is 4.79 Å². The summed E-state index contributed by atoms with van der Waals surface area (Å²) in [4.78, 5) is 18.6. The van der Waals surface area contributed by atoms with E-state index in [4.69, 9.17) is 13.9 Å². The fourth-order valence-electron chi connectivity index (χ4n) is 2.81. The van der Waals surface area contributed by atoms with Gasteiger partial charge in [0.1, 0.15) is 17.6 Å². The average molecular weight is 345 g/mol. The first-order valence-corrected chi connectivity index (χ1v) is 8.44. The van der Waals surface area contributed by atoms with Crippen LogP contribution < -0.4 is 10.1 Å². The van der Waals surface area contributed by atoms with E-state index in [-0.39, 0.29) is 12.1 Å². The number of nitrogens with zero attached hydrogens (tertiary/aromatic N) is 2. The second kappa shape index (κ2) is 8.02. The van der Waals surface area contributed by atoms with Crippen LogP contribution in [0.3, 0.4) is 0 Å². The maximum atomic E-state index is 12.7. The molecule has 1 N–H and O–H groups in total. The largest absolute Gasteiger partial charge is 0.478 e. The predicted octanol–water partition coefficient (Wildman–Crippen LogP) is 2.66. The quantitative estimate of drug-likeness (QED) is 0.901. The molecule has 0 bridgehead atoms. The topological polar surface area (TPSA) is 76.8 Å². The summed E-state index contributed by atoms with van der Waals surface area (Å²) in [7, 11) is 0. The Balaban J connectivity index is 1.67. The zero-order valence-corrected chi connectivity index (χ0v) is 14.5. The number of carbonyl (C=O) groups excluding carboxylic acids is 1. The highest BCUT2D eigenvalue weighted by atomic mass is 16.5. The highest BCUT2D eigenvalue weighted by Crippen LogP contribution is 2.26. The van der Waals surface area contributed by atoms with Crippen LogP contribution in [-0.4, -0.2) is 42.3 Å². The molecule has 0 saturated carbocycles. The smallest absolute Gasteiger partial charge is 0.318 e. The van der Waals surface area contributed by atoms with Crippen LogP contribution in [0.1, 0.15) is 30.0 Å². The second-order valence-corrected chi connectivity index (χ2v) is 5.79. The molecule has 1 fully saturated rings. The average Bonchev–Trinajstić information content (AvgIpc) is 3.07. The van der Waals surface area contributed by atoms with Crippen LogP contribution in [-0.2, 0) is 11.3 Å². The highest BCUT2D eigenvalue weighted by Gasteiger charge is 2.30. The van der Waals surface area contributed by atoms with Crippen LogP contribution in [0, 0.1) is 6.92 Å². The molecule has 25 heavy (non-hydrogen) atoms. The summed E-state index contributed by atoms with van der Waals surface area (Å²) in [5.41, 5.74) is 0.844. The number of rotatable bonds is 5. The number of hydrogen-bond donors (Lipinski definition) is 1. The summed E-state index contributed by atoms with van der Waals surface area (Å²) in [6.07, 6.45) is 1.67. The number of aromatic nitrogens is 1. The van der Waals surface area contributed by atoms with Crippen molar-refractivity contribution in [3.8, 4) is 5.88 Å². The molecule has 3 heterocycles. The lowest BCUT2D eigenvalue weighted by Gasteiger charge is -2.34. The zero-order chi connectivity index (χ0) is 17.6. The molecule has 1 unspecified atom stereocenters. The second-order valence-electron chi connectivity index (χ2n) is 5.79. The Bertz CT molecular complexity index is 716. The summed E-state index contributed by atoms with van der Waals surface area (Å²) in [6.45, 7) is 6.13. The SMILES string of the molecule is CCOc1ncccc1CNC(=O)N1CCOCC1c1ccc(C)o1. The van der Waals surface area contributed by atoms with Gasteiger partial charge < -0.3 is 24.1 Å². The Kier molecular flexibility index (Phi) is 5.55. The van der Waals surface area contributed by atoms with Gasteiger partial charge in [-0.3, -0.25) is 0 Å². The number of carbonyl (C=O) groups is 1. The van der Waals surface area contributed by atoms with E-state index >= 15 is 0 Å². The minimum atomic E-state index is -0.220. The van der Waals surface area contributed by atoms with E-state index in [1.54, 1.807) is 11.1 Å². The Morgan fingerprint density at radius 3 is 3.08 bits per heavy atom. The normalized spacial score (nSPS) is 17.4. The van der Waals surface area contributed by atoms with Gasteiger partial charge in [0.2, 0.25) is 5.88 Å². The Morgan fingerprint density at radius 2 is 2.32 bits per heavy atom. The van der Waals surface area contributed by atoms with Gasteiger partial charge in [0.25, 0.3) is 0 Å². The molecule has 7 heteroatoms. The lowest BCUT2D eigenvalue weighted by atomic mass is 10.2. The number of urea groups is 1. The molecular formula is C18H23N3O4. The van der Waals surface area contributed by atoms with Crippen molar-refractivity contribution in [2.75, 3.05) is 26.4 Å². The molecule has 1 aliphatic rings. The molecule has 0 radical (unpaired) electrons. The van der Waals surface area contributed by atoms with E-state index in [0.717, 1.165) is 17.1 Å². The molecule has 0 aliphatic carbocycles. The van der Waals surface area contributed by atoms with Gasteiger partial charge >= 0.3 is 6.03 Å². The molecule has 0 aromatic carbocycles. The van der Waals surface area contributed by atoms with E-state index in [1.165, 1.54) is 0 Å². The molecule has 2 aromatic rings. The van der Waals surface area contributed by atoms with Crippen molar-refractivity contribution in [1.29, 1.82) is 0 Å². The number of hydrogen-bond acceptors (Lipinski definition) is 5. The highest BCUT2D eigenvalue weighted by molar-refractivity contribution is 5.74. The maximum absolute atomic E-state index is 12.7. The van der Waals surface area contributed by atoms with Crippen molar-refractivity contribution in [2.45, 2.75) is 26.4 Å². The molecular weight excluding hydrogens is 322 g/mol. The van der Waals surface area contributed by atoms with Crippen molar-refractivity contribution in [1.82, 2.24) is 15.2 Å². The van der Waals surface area contributed by atoms with E-state index in [2.05, 4.69) is 10.3 Å². The van der Waals surface area contributed by atoms with Gasteiger partial charge in [-0.25, -0.2) is 9.78 Å². The van der Waals surface area contributed by atoms with Crippen molar-refractivity contribution in [3.63, 3.8) is 0 Å². The van der Waals surface area contributed by atoms with Crippen LogP contribution in [0.5, 0.6) is 5.88 Å². The Labute approximate surface area is 146 Å². The summed E-state index contributed by atoms with van der Waals surface area (Å²) in [5.74, 6) is 2.10. The predicted molar refractivity (Wildman–Crippen MR) is 91.4 cm³/mol. The van der Waals surface area contributed by atoms with Gasteiger partial charge in [0.15, 0.2) is 0 Å². The van der Waals surface area contributed by atoms with E-state index in [9.17, 15) is 4.79 Å². The molecule has 1 saturated heterocycles. The number of aryl methyl sites for hydroxylation is 1. The first-order chi connectivity index (χ1) is 12.2. The third-order valence-electron chi connectivity index (χ3n) is 4.04. The zero-order valence-electron chi connectivity index (χ0n) is 14.5. The molecule has 134 valence electrons. The van der Waals surface area contributed by atoms with Gasteiger partial charge in [-0.1, -0.05) is 6.07 Å². The lowest BCUT2D eigenvalue weighted by molar-refractivity contribution is 0.00399. The molecule has 7 nitrogen and oxygen atoms in total. The third kappa shape index (κ3) is 4.11. The lowest BCUT2D eigenvalue weighted by Crippen LogP contribution is -2.47. The Hall–Kier alpha value is -2.54. The fourth-order valence-corrected chi connectivity index (χ4v) is 2.81. The van der Waals surface area contributed by atoms with Crippen LogP contribution in [0.15, 0.2) is 34.9 Å². The van der Waals surface area contributed by atoms with Gasteiger partial charge in [-0.2, -0.15) is 0 Å². The fraction of sp³-hybridized carbons (Fsp3) is 0.444. The van der Waals surface area contributed by atoms with Crippen molar-refractivity contribution >= 4 is 6.03 Å². The number of nitrogens with one attached hydrogen (secondary N) is 1. The Morgan fingerprint density at radius 1 is 1.44 bits per heavy atom. The molecule has 3 rings (SSSR count). The third-order valence-corrected chi connectivity index (χ3v) is 4.04. The van der Waals surface area contributed by atoms with Gasteiger partial charge in [0.05, 0.1) is 19.8 Å². The van der Waals surface area contributed by atoms with E-state index in [0.29, 0.717) is 38.8 Å². The summed E-state index contributed by atoms with van der Waals surface area (Å²) >= 11 is 0. The molecule has 2 aromatic heterocycles. The van der Waals surface area contributed by atoms with Crippen LogP contribution >= 0.6 is 0 Å². The van der Waals surface area contributed by atoms with Gasteiger partial charge in [-0.15, -0.1) is 0 Å². The summed E-state index contributed by atoms with van der Waals surface area (Å²) in [6, 6.07) is 7.13. The van der Waals surface area contributed by atoms with E-state index in [1.807, 2.05) is 38.1 Å². The number of ether oxygens (including phenoxy) is 2. The van der Waals surface area contributed by atoms with Crippen LogP contribution in [0.2, 0.25) is 0 Å². The molecule has 2 amide bonds. The van der Waals surface area contributed by atoms with Gasteiger partial charge in [0, 0.05) is 24.8 Å². The van der Waals surface area contributed by atoms with E-state index < -0.39 is 0 Å².